The highest BCUT2D eigenvalue weighted by molar-refractivity contribution is 6.99. The number of fused-ring (bicyclic) bond motifs is 1. The molecule has 2 aromatic carbocycles. The van der Waals surface area contributed by atoms with E-state index in [-0.39, 0.29) is 23.0 Å². The maximum Gasteiger partial charge on any atom is 0.311 e. The summed E-state index contributed by atoms with van der Waals surface area (Å²) in [4.78, 5) is 12.3. The zero-order valence-corrected chi connectivity index (χ0v) is 20.0. The highest BCUT2D eigenvalue weighted by Crippen LogP contribution is 2.50. The van der Waals surface area contributed by atoms with E-state index in [0.29, 0.717) is 12.3 Å². The van der Waals surface area contributed by atoms with Gasteiger partial charge in [-0.2, -0.15) is 0 Å². The van der Waals surface area contributed by atoms with Gasteiger partial charge in [0.1, 0.15) is 0 Å². The van der Waals surface area contributed by atoms with Crippen LogP contribution in [-0.4, -0.2) is 38.7 Å². The molecule has 5 atom stereocenters. The highest BCUT2D eigenvalue weighted by atomic mass is 28.4. The minimum Gasteiger partial charge on any atom is -0.469 e. The Bertz CT molecular complexity index is 853. The van der Waals surface area contributed by atoms with E-state index in [9.17, 15) is 9.90 Å². The fraction of sp³-hybridized carbons (Fsp3) is 0.500. The van der Waals surface area contributed by atoms with Crippen molar-refractivity contribution < 1.29 is 19.1 Å². The van der Waals surface area contributed by atoms with Crippen LogP contribution in [-0.2, 0) is 14.0 Å². The van der Waals surface area contributed by atoms with Gasteiger partial charge in [0.05, 0.1) is 19.1 Å². The number of benzene rings is 2. The topological polar surface area (TPSA) is 55.8 Å². The molecule has 4 rings (SSSR count). The van der Waals surface area contributed by atoms with E-state index in [4.69, 9.17) is 9.16 Å². The summed E-state index contributed by atoms with van der Waals surface area (Å²) in [6, 6.07) is 21.3. The van der Waals surface area contributed by atoms with Crippen molar-refractivity contribution in [2.45, 2.75) is 57.3 Å². The van der Waals surface area contributed by atoms with Gasteiger partial charge in [-0.3, -0.25) is 4.79 Å². The second-order valence-electron chi connectivity index (χ2n) is 10.2. The van der Waals surface area contributed by atoms with E-state index < -0.39 is 20.3 Å². The maximum absolute atomic E-state index is 12.3. The maximum atomic E-state index is 12.3. The van der Waals surface area contributed by atoms with Crippen LogP contribution in [0.3, 0.4) is 0 Å². The smallest absolute Gasteiger partial charge is 0.311 e. The molecule has 31 heavy (non-hydrogen) atoms. The summed E-state index contributed by atoms with van der Waals surface area (Å²) in [5, 5.41) is 12.9. The van der Waals surface area contributed by atoms with Crippen LogP contribution in [0.1, 0.15) is 40.0 Å². The van der Waals surface area contributed by atoms with E-state index in [0.717, 1.165) is 12.8 Å². The van der Waals surface area contributed by atoms with Gasteiger partial charge in [-0.05, 0) is 46.5 Å². The summed E-state index contributed by atoms with van der Waals surface area (Å²) >= 11 is 0. The Morgan fingerprint density at radius 3 is 1.97 bits per heavy atom. The summed E-state index contributed by atoms with van der Waals surface area (Å²) in [6.45, 7) is 6.86. The molecule has 2 aliphatic rings. The Balaban J connectivity index is 1.71. The van der Waals surface area contributed by atoms with Gasteiger partial charge in [0.15, 0.2) is 0 Å². The monoisotopic (exact) mass is 438 g/mol. The molecule has 2 aliphatic carbocycles. The van der Waals surface area contributed by atoms with Crippen molar-refractivity contribution in [1.82, 2.24) is 0 Å². The molecule has 0 saturated heterocycles. The Labute approximate surface area is 186 Å². The minimum absolute atomic E-state index is 0.0703. The molecule has 1 N–H and O–H groups in total. The minimum atomic E-state index is -2.62. The highest BCUT2D eigenvalue weighted by Gasteiger charge is 2.56. The summed E-state index contributed by atoms with van der Waals surface area (Å²) in [5.74, 6) is -0.276. The number of esters is 1. The number of aliphatic hydroxyl groups excluding tert-OH is 1. The molecule has 0 amide bonds. The van der Waals surface area contributed by atoms with Crippen LogP contribution in [0.25, 0.3) is 0 Å². The molecule has 2 aromatic rings. The SMILES string of the molecule is COC(=O)C1C(O)CC2CC(O[Si](c3ccccc3)(c3ccccc3)C(C)(C)C)CC21. The molecule has 0 radical (unpaired) electrons. The van der Waals surface area contributed by atoms with E-state index in [1.54, 1.807) is 0 Å². The molecule has 0 bridgehead atoms. The van der Waals surface area contributed by atoms with Crippen molar-refractivity contribution in [3.05, 3.63) is 60.7 Å². The first-order chi connectivity index (χ1) is 14.8. The molecular weight excluding hydrogens is 404 g/mol. The largest absolute Gasteiger partial charge is 0.469 e. The second kappa shape index (κ2) is 8.53. The third-order valence-corrected chi connectivity index (χ3v) is 12.5. The van der Waals surface area contributed by atoms with Crippen LogP contribution < -0.4 is 10.4 Å². The molecule has 4 nitrogen and oxygen atoms in total. The van der Waals surface area contributed by atoms with Gasteiger partial charge in [-0.25, -0.2) is 0 Å². The molecule has 2 fully saturated rings. The van der Waals surface area contributed by atoms with Crippen molar-refractivity contribution in [3.8, 4) is 0 Å². The number of carbonyl (C=O) groups is 1. The van der Waals surface area contributed by atoms with Gasteiger partial charge in [-0.1, -0.05) is 81.4 Å². The lowest BCUT2D eigenvalue weighted by molar-refractivity contribution is -0.150. The van der Waals surface area contributed by atoms with E-state index in [1.165, 1.54) is 17.5 Å². The van der Waals surface area contributed by atoms with Gasteiger partial charge in [0, 0.05) is 6.10 Å². The first-order valence-electron chi connectivity index (χ1n) is 11.3. The van der Waals surface area contributed by atoms with Gasteiger partial charge in [-0.15, -0.1) is 0 Å². The van der Waals surface area contributed by atoms with Crippen LogP contribution in [0.4, 0.5) is 0 Å². The molecular formula is C26H34O4Si. The third kappa shape index (κ3) is 3.88. The third-order valence-electron chi connectivity index (χ3n) is 7.36. The van der Waals surface area contributed by atoms with Crippen LogP contribution >= 0.6 is 0 Å². The van der Waals surface area contributed by atoms with Crippen molar-refractivity contribution >= 4 is 24.7 Å². The number of aliphatic hydroxyl groups is 1. The molecule has 166 valence electrons. The average Bonchev–Trinajstić information content (AvgIpc) is 3.27. The molecule has 0 heterocycles. The van der Waals surface area contributed by atoms with Crippen LogP contribution in [0.2, 0.25) is 5.04 Å². The number of ether oxygens (including phenoxy) is 1. The lowest BCUT2D eigenvalue weighted by Crippen LogP contribution is -2.67. The van der Waals surface area contributed by atoms with Crippen LogP contribution in [0, 0.1) is 17.8 Å². The standard InChI is InChI=1S/C26H34O4Si/c1-26(2,3)31(20-11-7-5-8-12-20,21-13-9-6-10-14-21)30-19-15-18-16-23(27)24(22(18)17-19)25(28)29-4/h5-14,18-19,22-24,27H,15-17H2,1-4H3. The Kier molecular flexibility index (Phi) is 6.12. The number of carbonyl (C=O) groups excluding carboxylic acids is 1. The zero-order chi connectivity index (χ0) is 22.2. The predicted molar refractivity (Wildman–Crippen MR) is 125 cm³/mol. The van der Waals surface area contributed by atoms with E-state index >= 15 is 0 Å². The van der Waals surface area contributed by atoms with Crippen molar-refractivity contribution in [2.75, 3.05) is 7.11 Å². The average molecular weight is 439 g/mol. The first kappa shape index (κ1) is 22.2. The van der Waals surface area contributed by atoms with Crippen LogP contribution in [0.5, 0.6) is 0 Å². The quantitative estimate of drug-likeness (QED) is 0.573. The van der Waals surface area contributed by atoms with Gasteiger partial charge < -0.3 is 14.3 Å². The van der Waals surface area contributed by atoms with Crippen molar-refractivity contribution in [1.29, 1.82) is 0 Å². The lowest BCUT2D eigenvalue weighted by atomic mass is 9.91. The molecule has 5 heteroatoms. The molecule has 2 saturated carbocycles. The number of hydrogen-bond donors (Lipinski definition) is 1. The molecule has 0 aromatic heterocycles. The van der Waals surface area contributed by atoms with Gasteiger partial charge in [0.25, 0.3) is 8.32 Å². The normalized spacial score (nSPS) is 28.4. The summed E-state index contributed by atoms with van der Waals surface area (Å²) in [7, 11) is -1.21. The second-order valence-corrected chi connectivity index (χ2v) is 14.4. The predicted octanol–water partition coefficient (Wildman–Crippen LogP) is 3.51. The molecule has 5 unspecified atom stereocenters. The Morgan fingerprint density at radius 2 is 1.48 bits per heavy atom. The fourth-order valence-corrected chi connectivity index (χ4v) is 10.8. The number of methoxy groups -OCH3 is 1. The summed E-state index contributed by atoms with van der Waals surface area (Å²) in [5.41, 5.74) is 0. The number of hydrogen-bond acceptors (Lipinski definition) is 4. The fourth-order valence-electron chi connectivity index (χ4n) is 6.06. The Hall–Kier alpha value is -1.95. The van der Waals surface area contributed by atoms with Crippen molar-refractivity contribution in [2.24, 2.45) is 17.8 Å². The van der Waals surface area contributed by atoms with Crippen molar-refractivity contribution in [3.63, 3.8) is 0 Å². The first-order valence-corrected chi connectivity index (χ1v) is 13.2. The summed E-state index contributed by atoms with van der Waals surface area (Å²) in [6.07, 6.45) is 1.81. The zero-order valence-electron chi connectivity index (χ0n) is 19.0. The van der Waals surface area contributed by atoms with E-state index in [2.05, 4.69) is 81.4 Å². The Morgan fingerprint density at radius 1 is 0.935 bits per heavy atom. The van der Waals surface area contributed by atoms with E-state index in [1.807, 2.05) is 0 Å². The molecule has 0 aliphatic heterocycles. The summed E-state index contributed by atoms with van der Waals surface area (Å²) < 4.78 is 12.3. The van der Waals surface area contributed by atoms with Gasteiger partial charge in [0.2, 0.25) is 0 Å². The van der Waals surface area contributed by atoms with Crippen LogP contribution in [0.15, 0.2) is 60.7 Å². The lowest BCUT2D eigenvalue weighted by Gasteiger charge is -2.45. The van der Waals surface area contributed by atoms with Gasteiger partial charge >= 0.3 is 5.97 Å². The number of rotatable bonds is 5. The molecule has 0 spiro atoms.